The van der Waals surface area contributed by atoms with Crippen LogP contribution in [0.3, 0.4) is 0 Å². The molecule has 4 amide bonds. The molecule has 43 heavy (non-hydrogen) atoms. The molecule has 3 heterocycles. The fraction of sp³-hybridized carbons (Fsp3) is 0.654. The molecule has 1 aromatic heterocycles. The molecule has 0 saturated carbocycles. The fourth-order valence-electron chi connectivity index (χ4n) is 3.47. The largest absolute Gasteiger partial charge is 0.457 e. The number of anilines is 1. The van der Waals surface area contributed by atoms with Gasteiger partial charge in [-0.05, 0) is 62.3 Å². The monoisotopic (exact) mass is 626 g/mol. The van der Waals surface area contributed by atoms with Crippen LogP contribution >= 0.6 is 11.3 Å². The quantitative estimate of drug-likeness (QED) is 0.173. The summed E-state index contributed by atoms with van der Waals surface area (Å²) in [6.45, 7) is 14.5. The van der Waals surface area contributed by atoms with E-state index in [1.54, 1.807) is 62.3 Å². The van der Waals surface area contributed by atoms with Crippen LogP contribution in [0.2, 0.25) is 0 Å². The molecule has 2 aliphatic rings. The lowest BCUT2D eigenvalue weighted by molar-refractivity contribution is -0.204. The maximum Gasteiger partial charge on any atom is 0.413 e. The topological polar surface area (TPSA) is 196 Å². The number of thiazole rings is 1. The molecule has 0 bridgehead atoms. The van der Waals surface area contributed by atoms with E-state index in [9.17, 15) is 24.0 Å². The first-order valence-corrected chi connectivity index (χ1v) is 14.2. The minimum absolute atomic E-state index is 0.0458. The molecule has 3 rings (SSSR count). The van der Waals surface area contributed by atoms with Gasteiger partial charge in [0.2, 0.25) is 0 Å². The van der Waals surface area contributed by atoms with Crippen molar-refractivity contribution in [2.24, 2.45) is 5.16 Å². The number of carbonyl (C=O) groups is 5. The average Bonchev–Trinajstić information content (AvgIpc) is 3.40. The summed E-state index contributed by atoms with van der Waals surface area (Å²) in [6.07, 6.45) is -1.45. The first-order chi connectivity index (χ1) is 19.7. The molecule has 0 aliphatic carbocycles. The van der Waals surface area contributed by atoms with Gasteiger partial charge in [0.25, 0.3) is 17.4 Å². The van der Waals surface area contributed by atoms with Crippen molar-refractivity contribution < 1.29 is 47.9 Å². The van der Waals surface area contributed by atoms with Gasteiger partial charge < -0.3 is 24.4 Å². The summed E-state index contributed by atoms with van der Waals surface area (Å²) >= 11 is 0.965. The minimum atomic E-state index is -1.78. The van der Waals surface area contributed by atoms with Gasteiger partial charge in [-0.2, -0.15) is 0 Å². The predicted molar refractivity (Wildman–Crippen MR) is 152 cm³/mol. The summed E-state index contributed by atoms with van der Waals surface area (Å²) in [4.78, 5) is 79.4. The highest BCUT2D eigenvalue weighted by atomic mass is 32.1. The number of esters is 1. The summed E-state index contributed by atoms with van der Waals surface area (Å²) in [6, 6.07) is -1.04. The Hall–Kier alpha value is -3.99. The van der Waals surface area contributed by atoms with Crippen LogP contribution in [0, 0.1) is 0 Å². The smallest absolute Gasteiger partial charge is 0.413 e. The Labute approximate surface area is 252 Å². The van der Waals surface area contributed by atoms with Crippen LogP contribution in [0.1, 0.15) is 68.0 Å². The number of likely N-dealkylation sites (tertiary alicyclic amines) is 1. The molecular weight excluding hydrogens is 588 g/mol. The van der Waals surface area contributed by atoms with Gasteiger partial charge in [-0.3, -0.25) is 24.6 Å². The minimum Gasteiger partial charge on any atom is -0.457 e. The highest BCUT2D eigenvalue weighted by Crippen LogP contribution is 2.31. The Bertz CT molecular complexity index is 1280. The van der Waals surface area contributed by atoms with E-state index >= 15 is 0 Å². The molecule has 0 unspecified atom stereocenters. The van der Waals surface area contributed by atoms with Gasteiger partial charge >= 0.3 is 18.2 Å². The zero-order valence-electron chi connectivity index (χ0n) is 25.6. The number of hydrogen-bond donors (Lipinski definition) is 3. The Morgan fingerprint density at radius 3 is 2.16 bits per heavy atom. The highest BCUT2D eigenvalue weighted by molar-refractivity contribution is 7.14. The third kappa shape index (κ3) is 9.51. The normalized spacial score (nSPS) is 18.6. The van der Waals surface area contributed by atoms with Crippen molar-refractivity contribution in [1.82, 2.24) is 20.7 Å². The molecule has 1 aromatic rings. The summed E-state index contributed by atoms with van der Waals surface area (Å²) < 4.78 is 16.1. The lowest BCUT2D eigenvalue weighted by atomic mass is 9.94. The second-order valence-corrected chi connectivity index (χ2v) is 13.7. The lowest BCUT2D eigenvalue weighted by Crippen LogP contribution is -2.69. The van der Waals surface area contributed by atoms with E-state index in [1.165, 1.54) is 10.3 Å². The molecule has 0 spiro atoms. The van der Waals surface area contributed by atoms with E-state index in [-0.39, 0.29) is 30.5 Å². The fourth-order valence-corrected chi connectivity index (χ4v) is 4.15. The van der Waals surface area contributed by atoms with Crippen LogP contribution in [-0.2, 0) is 38.3 Å². The third-order valence-electron chi connectivity index (χ3n) is 5.24. The summed E-state index contributed by atoms with van der Waals surface area (Å²) in [7, 11) is 0. The van der Waals surface area contributed by atoms with E-state index in [1.807, 2.05) is 0 Å². The number of hydroxylamine groups is 1. The number of ether oxygens (including phenoxy) is 3. The van der Waals surface area contributed by atoms with Crippen molar-refractivity contribution in [1.29, 1.82) is 0 Å². The summed E-state index contributed by atoms with van der Waals surface area (Å²) in [5, 5.41) is 10.4. The number of aromatic nitrogens is 1. The third-order valence-corrected chi connectivity index (χ3v) is 6.00. The molecule has 0 aromatic carbocycles. The van der Waals surface area contributed by atoms with Crippen molar-refractivity contribution in [2.45, 2.75) is 90.8 Å². The molecule has 1 atom stereocenters. The van der Waals surface area contributed by atoms with Gasteiger partial charge in [0.05, 0.1) is 13.1 Å². The Balaban J connectivity index is 1.91. The first-order valence-electron chi connectivity index (χ1n) is 13.3. The van der Waals surface area contributed by atoms with Crippen LogP contribution in [-0.4, -0.2) is 93.7 Å². The molecule has 2 fully saturated rings. The summed E-state index contributed by atoms with van der Waals surface area (Å²) in [5.74, 6) is -2.30. The van der Waals surface area contributed by atoms with Gasteiger partial charge in [0.1, 0.15) is 35.1 Å². The van der Waals surface area contributed by atoms with Crippen molar-refractivity contribution in [2.75, 3.05) is 25.0 Å². The second kappa shape index (κ2) is 12.3. The molecule has 17 heteroatoms. The first kappa shape index (κ1) is 33.5. The second-order valence-electron chi connectivity index (χ2n) is 12.8. The maximum absolute atomic E-state index is 13.3. The molecule has 16 nitrogen and oxygen atoms in total. The molecule has 2 saturated heterocycles. The number of oxime groups is 1. The maximum atomic E-state index is 13.3. The zero-order chi connectivity index (χ0) is 32.4. The number of hydrogen-bond acceptors (Lipinski definition) is 13. The van der Waals surface area contributed by atoms with Crippen molar-refractivity contribution >= 4 is 52.2 Å². The van der Waals surface area contributed by atoms with E-state index in [4.69, 9.17) is 23.9 Å². The van der Waals surface area contributed by atoms with Gasteiger partial charge in [-0.1, -0.05) is 5.16 Å². The lowest BCUT2D eigenvalue weighted by Gasteiger charge is -2.46. The van der Waals surface area contributed by atoms with E-state index in [2.05, 4.69) is 26.3 Å². The average molecular weight is 627 g/mol. The molecule has 2 aliphatic heterocycles. The van der Waals surface area contributed by atoms with Crippen molar-refractivity contribution in [3.8, 4) is 0 Å². The Morgan fingerprint density at radius 1 is 1.02 bits per heavy atom. The van der Waals surface area contributed by atoms with Crippen molar-refractivity contribution in [3.63, 3.8) is 0 Å². The zero-order valence-corrected chi connectivity index (χ0v) is 26.4. The Kier molecular flexibility index (Phi) is 9.60. The molecule has 0 radical (unpaired) electrons. The highest BCUT2D eigenvalue weighted by Gasteiger charge is 2.58. The number of carbonyl (C=O) groups excluding carboxylic acids is 5. The van der Waals surface area contributed by atoms with E-state index in [0.717, 1.165) is 11.3 Å². The number of nitrogens with one attached hydrogen (secondary N) is 3. The van der Waals surface area contributed by atoms with Gasteiger partial charge in [-0.15, -0.1) is 11.3 Å². The number of amides is 4. The van der Waals surface area contributed by atoms with Crippen LogP contribution in [0.15, 0.2) is 10.5 Å². The van der Waals surface area contributed by atoms with Crippen LogP contribution in [0.5, 0.6) is 0 Å². The van der Waals surface area contributed by atoms with E-state index < -0.39 is 64.1 Å². The van der Waals surface area contributed by atoms with Gasteiger partial charge in [0, 0.05) is 5.38 Å². The Morgan fingerprint density at radius 2 is 1.63 bits per heavy atom. The van der Waals surface area contributed by atoms with Gasteiger partial charge in [-0.25, -0.2) is 24.8 Å². The number of nitrogens with zero attached hydrogens (tertiary/aromatic N) is 3. The van der Waals surface area contributed by atoms with Gasteiger partial charge in [0.15, 0.2) is 10.8 Å². The molecule has 238 valence electrons. The van der Waals surface area contributed by atoms with Crippen molar-refractivity contribution in [3.05, 3.63) is 11.1 Å². The SMILES string of the molecule is CC(C)(C)OC(=O)Nc1nc(/C(=N/OC2(C(=O)OC(C)(C)C)CN(C(=O)OC(C)(C)C)C2)C(=O)N[C@H]2CONC2=O)cs1. The van der Waals surface area contributed by atoms with Crippen LogP contribution in [0.4, 0.5) is 14.7 Å². The molecular formula is C26H38N6O10S. The summed E-state index contributed by atoms with van der Waals surface area (Å²) in [5.41, 5.74) is -2.57. The van der Waals surface area contributed by atoms with Crippen LogP contribution < -0.4 is 16.1 Å². The van der Waals surface area contributed by atoms with E-state index in [0.29, 0.717) is 0 Å². The molecule has 3 N–H and O–H groups in total. The predicted octanol–water partition coefficient (Wildman–Crippen LogP) is 2.09. The standard InChI is InChI=1S/C26H38N6O10S/c1-23(2,3)39-19(35)26(12-32(13-26)22(37)41-25(7,8)9)42-30-16(18(34)27-14-10-38-31-17(14)33)15-11-43-20(28-15)29-21(36)40-24(4,5)6/h11,14H,10,12-13H2,1-9H3,(H,27,34)(H,31,33)(H,28,29,36)/b30-16-/t14-/m0/s1. The number of rotatable bonds is 7. The van der Waals surface area contributed by atoms with Crippen LogP contribution in [0.25, 0.3) is 0 Å².